The number of methoxy groups -OCH3 is 1. The van der Waals surface area contributed by atoms with Crippen LogP contribution in [0.2, 0.25) is 0 Å². The van der Waals surface area contributed by atoms with E-state index in [2.05, 4.69) is 114 Å². The van der Waals surface area contributed by atoms with Crippen molar-refractivity contribution in [2.75, 3.05) is 46.5 Å². The number of thiophene rings is 6. The molecule has 6 aromatic heterocycles. The molecule has 0 saturated carbocycles. The molecule has 0 aromatic carbocycles. The standard InChI is InChI=1S/C35H42N2O3S3.C30H39BrN2O2S2.C5H7BO3S.C4H8O.CHCl3.CH4.BHNS/c1-5-9-12-23(7-3)20-36-32(28-14-11-19-41-28)30-31(35(36)40)33(37(34(30)39)21-24(8-4)13-10-6-2)29-18-17-27(43-29)26-16-15-25(22-38)42-26;1-5-9-12-20(7-3)18-32-27(22-14-11-17-36-22)25-26(30(32)35)28(23-15-16-24(31)37-23)33(29(25)34)19-21(8-4)13-10-6-2;1-9-5-3-2-4(10-5)6(7)8;1-2-4-5-3-1;2-1(3)4;;1-2-3/h11,14-19,22-24H,5-10,12-13,20-21H2,1-4H3;11,14-17,20-21H,5-10,12-13,18-19H2,1-4H3;2-3,7-8H,1H3;1-4H2;1H;1H4;3H. The molecule has 11 rings (SSSR count). The van der Waals surface area contributed by atoms with Crippen molar-refractivity contribution < 1.29 is 43.5 Å². The Balaban J connectivity index is 0.000000285. The van der Waals surface area contributed by atoms with E-state index in [9.17, 15) is 24.0 Å². The van der Waals surface area contributed by atoms with Gasteiger partial charge in [0, 0.05) is 53.9 Å². The summed E-state index contributed by atoms with van der Waals surface area (Å²) in [7, 11) is 4.50. The van der Waals surface area contributed by atoms with Crippen molar-refractivity contribution in [2.24, 2.45) is 28.0 Å². The molecule has 27 heteroatoms. The van der Waals surface area contributed by atoms with Crippen molar-refractivity contribution >= 4 is 204 Å². The van der Waals surface area contributed by atoms with E-state index in [4.69, 9.17) is 54.3 Å². The summed E-state index contributed by atoms with van der Waals surface area (Å²) >= 11 is 30.3. The molecule has 1 radical (unpaired) electrons. The Morgan fingerprint density at radius 2 is 0.903 bits per heavy atom. The predicted octanol–water partition coefficient (Wildman–Crippen LogP) is 21.4. The number of hydrogen-bond acceptors (Lipinski definition) is 17. The van der Waals surface area contributed by atoms with Crippen LogP contribution in [0.25, 0.3) is 32.5 Å². The van der Waals surface area contributed by atoms with Gasteiger partial charge in [-0.25, -0.2) is 0 Å². The predicted molar refractivity (Wildman–Crippen MR) is 447 cm³/mol. The number of carbonyl (C=O) groups is 5. The van der Waals surface area contributed by atoms with E-state index in [0.717, 1.165) is 178 Å². The van der Waals surface area contributed by atoms with Crippen LogP contribution in [0.4, 0.5) is 0 Å². The summed E-state index contributed by atoms with van der Waals surface area (Å²) in [6.45, 7) is 22.2. The summed E-state index contributed by atoms with van der Waals surface area (Å²) in [5.74, 6) is 1.47. The number of amides is 4. The van der Waals surface area contributed by atoms with Crippen molar-refractivity contribution in [3.63, 3.8) is 0 Å². The Morgan fingerprint density at radius 3 is 1.17 bits per heavy atom. The number of carbonyl (C=O) groups excluding carboxylic acids is 5. The van der Waals surface area contributed by atoms with Gasteiger partial charge in [0.05, 0.1) is 80.4 Å². The Bertz CT molecular complexity index is 3740. The first-order chi connectivity index (χ1) is 49.3. The minimum atomic E-state index is -1.38. The number of fused-ring (bicyclic) bond motifs is 2. The zero-order chi connectivity index (χ0) is 74.4. The third-order valence-corrected chi connectivity index (χ3v) is 25.1. The Labute approximate surface area is 666 Å². The van der Waals surface area contributed by atoms with Crippen LogP contribution in [0.1, 0.15) is 208 Å². The summed E-state index contributed by atoms with van der Waals surface area (Å²) in [6.07, 6.45) is 20.9. The molecule has 14 nitrogen and oxygen atoms in total. The molecule has 0 aliphatic carbocycles. The minimum absolute atomic E-state index is 0. The van der Waals surface area contributed by atoms with Crippen LogP contribution >= 0.6 is 132 Å². The van der Waals surface area contributed by atoms with Crippen LogP contribution in [0.15, 0.2) is 114 Å². The molecule has 1 saturated heterocycles. The number of nitrogens with zero attached hydrogens (tertiary/aromatic N) is 5. The van der Waals surface area contributed by atoms with Crippen LogP contribution < -0.4 is 9.51 Å². The molecule has 5 aliphatic heterocycles. The maximum atomic E-state index is 14.6. The average Bonchev–Trinajstić information content (AvgIpc) is 1.56. The molecule has 6 aromatic rings. The maximum absolute atomic E-state index is 14.6. The number of ether oxygens (including phenoxy) is 2. The monoisotopic (exact) mass is 1660 g/mol. The molecular formula is C76H102B2BrCl3N5O9S7. The van der Waals surface area contributed by atoms with Crippen LogP contribution in [-0.4, -0.2) is 125 Å². The molecule has 561 valence electrons. The van der Waals surface area contributed by atoms with Gasteiger partial charge in [0.2, 0.25) is 0 Å². The number of halogens is 4. The summed E-state index contributed by atoms with van der Waals surface area (Å²) < 4.78 is 13.2. The molecule has 103 heavy (non-hydrogen) atoms. The average molecular weight is 1660 g/mol. The fourth-order valence-corrected chi connectivity index (χ4v) is 18.4. The topological polar surface area (TPSA) is 170 Å². The molecule has 1 fully saturated rings. The molecule has 4 amide bonds. The van der Waals surface area contributed by atoms with Gasteiger partial charge in [-0.15, -0.1) is 68.0 Å². The second-order valence-electron chi connectivity index (χ2n) is 25.2. The molecule has 5 aliphatic rings. The first-order valence-corrected chi connectivity index (χ1v) is 43.1. The van der Waals surface area contributed by atoms with Gasteiger partial charge in [0.1, 0.15) is 0 Å². The van der Waals surface area contributed by atoms with Gasteiger partial charge in [0.25, 0.3) is 23.6 Å². The van der Waals surface area contributed by atoms with Gasteiger partial charge in [0.15, 0.2) is 15.6 Å². The van der Waals surface area contributed by atoms with E-state index < -0.39 is 11.4 Å². The molecule has 4 atom stereocenters. The van der Waals surface area contributed by atoms with E-state index >= 15 is 0 Å². The van der Waals surface area contributed by atoms with Crippen molar-refractivity contribution in [3.8, 4) is 14.8 Å². The van der Waals surface area contributed by atoms with E-state index in [-0.39, 0.29) is 31.1 Å². The third kappa shape index (κ3) is 24.8. The van der Waals surface area contributed by atoms with Crippen molar-refractivity contribution in [2.45, 2.75) is 183 Å². The van der Waals surface area contributed by atoms with Gasteiger partial charge in [-0.05, 0) is 150 Å². The fraction of sp³-hybridized carbons (Fsp3) is 0.513. The van der Waals surface area contributed by atoms with Crippen LogP contribution in [-0.2, 0) is 23.9 Å². The van der Waals surface area contributed by atoms with Crippen LogP contribution in [0.5, 0.6) is 5.06 Å². The number of hydrogen-bond donors (Lipinski definition) is 3. The molecule has 0 spiro atoms. The second kappa shape index (κ2) is 47.1. The summed E-state index contributed by atoms with van der Waals surface area (Å²) in [4.78, 5) is 83.4. The van der Waals surface area contributed by atoms with E-state index in [1.54, 1.807) is 64.6 Å². The van der Waals surface area contributed by atoms with Gasteiger partial charge in [-0.3, -0.25) is 24.0 Å². The van der Waals surface area contributed by atoms with Crippen molar-refractivity contribution in [1.82, 2.24) is 19.6 Å². The van der Waals surface area contributed by atoms with E-state index in [1.807, 2.05) is 72.8 Å². The van der Waals surface area contributed by atoms with Gasteiger partial charge < -0.3 is 39.1 Å². The van der Waals surface area contributed by atoms with Crippen LogP contribution in [0.3, 0.4) is 0 Å². The van der Waals surface area contributed by atoms with Crippen molar-refractivity contribution in [1.29, 1.82) is 0 Å². The summed E-state index contributed by atoms with van der Waals surface area (Å²) in [6, 6.07) is 23.4. The molecule has 0 bridgehead atoms. The van der Waals surface area contributed by atoms with Gasteiger partial charge >= 0.3 is 31.9 Å². The van der Waals surface area contributed by atoms with E-state index in [0.29, 0.717) is 86.9 Å². The SMILES string of the molecule is C.C1CCOC1.CCCCC(CC)CN1C(=O)C2=C(c3ccc(-c4ccc(C=O)s4)s3)N(CC(CC)CCCC)C(=O)C2=C1c1cccs1.CCCCC(CC)CN1C(=O)C2=C(c3ccc(Br)s3)N(CC(CC)CCCC)C(=O)C2=C1c1cccs1.COc1ccc(B(O)O)s1.ClC(Cl)Cl.[B]=NS. The quantitative estimate of drug-likeness (QED) is 0.0161. The Kier molecular flexibility index (Phi) is 41.0. The first-order valence-electron chi connectivity index (χ1n) is 35.6. The zero-order valence-electron chi connectivity index (χ0n) is 60.1. The van der Waals surface area contributed by atoms with Gasteiger partial charge in [-0.2, -0.15) is 0 Å². The number of aldehydes is 1. The van der Waals surface area contributed by atoms with Crippen LogP contribution in [0, 0.1) is 23.7 Å². The van der Waals surface area contributed by atoms with Crippen molar-refractivity contribution in [3.05, 3.63) is 134 Å². The van der Waals surface area contributed by atoms with E-state index in [1.165, 1.54) is 35.5 Å². The zero-order valence-corrected chi connectivity index (χ0v) is 69.7. The number of rotatable bonds is 32. The number of thiol groups is 1. The normalized spacial score (nSPS) is 15.7. The molecule has 4 unspecified atom stereocenters. The Morgan fingerprint density at radius 1 is 0.553 bits per heavy atom. The molecular weight excluding hydrogens is 1560 g/mol. The number of alkyl halides is 3. The third-order valence-electron chi connectivity index (χ3n) is 18.3. The second-order valence-corrected chi connectivity index (χ2v) is 35.0. The summed E-state index contributed by atoms with van der Waals surface area (Å²) in [5, 5.41) is 22.0. The number of unbranched alkanes of at least 4 members (excludes halogenated alkanes) is 4. The first kappa shape index (κ1) is 89.6. The summed E-state index contributed by atoms with van der Waals surface area (Å²) in [5.41, 5.74) is 5.57. The Hall–Kier alpha value is -3.98. The fourth-order valence-electron chi connectivity index (χ4n) is 12.7. The molecule has 11 heterocycles. The van der Waals surface area contributed by atoms with Gasteiger partial charge in [-0.1, -0.05) is 187 Å². The molecule has 2 N–H and O–H groups in total.